The minimum absolute atomic E-state index is 1.22. The molecule has 0 spiro atoms. The molecule has 0 saturated carbocycles. The maximum absolute atomic E-state index is 2.29. The first-order valence-corrected chi connectivity index (χ1v) is 16.1. The number of rotatable bonds is 0. The molecule has 0 bridgehead atoms. The van der Waals surface area contributed by atoms with Gasteiger partial charge in [0.2, 0.25) is 0 Å². The highest BCUT2D eigenvalue weighted by Crippen LogP contribution is 2.52. The Kier molecular flexibility index (Phi) is 19.1. The van der Waals surface area contributed by atoms with Crippen LogP contribution in [0.3, 0.4) is 0 Å². The molecular formula is C17H28S6. The van der Waals surface area contributed by atoms with Crippen molar-refractivity contribution in [2.75, 3.05) is 5.75 Å². The summed E-state index contributed by atoms with van der Waals surface area (Å²) in [5.41, 5.74) is 0. The highest BCUT2D eigenvalue weighted by Gasteiger charge is 1.96. The molecule has 0 aromatic rings. The van der Waals surface area contributed by atoms with Crippen LogP contribution in [-0.4, -0.2) is 5.75 Å². The summed E-state index contributed by atoms with van der Waals surface area (Å²) in [4.78, 5) is 0. The van der Waals surface area contributed by atoms with E-state index >= 15 is 0 Å². The van der Waals surface area contributed by atoms with Crippen LogP contribution in [0.25, 0.3) is 0 Å². The Hall–Kier alpha value is 1.32. The van der Waals surface area contributed by atoms with Gasteiger partial charge in [0.05, 0.1) is 0 Å². The Labute approximate surface area is 165 Å². The van der Waals surface area contributed by atoms with Gasteiger partial charge in [-0.15, -0.1) is 0 Å². The predicted molar refractivity (Wildman–Crippen MR) is 124 cm³/mol. The number of allylic oxidation sites excluding steroid dienone is 5. The van der Waals surface area contributed by atoms with Gasteiger partial charge >= 0.3 is 0 Å². The van der Waals surface area contributed by atoms with Crippen LogP contribution in [0, 0.1) is 0 Å². The fourth-order valence-corrected chi connectivity index (χ4v) is 13.0. The largest absolute Gasteiger partial charge is 0.0845 e. The Morgan fingerprint density at radius 2 is 1.17 bits per heavy atom. The Morgan fingerprint density at radius 1 is 0.522 bits per heavy atom. The molecule has 0 fully saturated rings. The van der Waals surface area contributed by atoms with E-state index in [4.69, 9.17) is 0 Å². The maximum Gasteiger partial charge on any atom is 0.00454 e. The molecule has 1 aliphatic heterocycles. The van der Waals surface area contributed by atoms with Gasteiger partial charge in [0, 0.05) is 5.75 Å². The molecule has 0 aromatic heterocycles. The highest BCUT2D eigenvalue weighted by molar-refractivity contribution is 9.42. The van der Waals surface area contributed by atoms with Crippen molar-refractivity contribution in [3.63, 3.8) is 0 Å². The van der Waals surface area contributed by atoms with Crippen LogP contribution in [0.5, 0.6) is 0 Å². The molecule has 0 aromatic carbocycles. The van der Waals surface area contributed by atoms with Crippen molar-refractivity contribution in [2.24, 2.45) is 0 Å². The van der Waals surface area contributed by atoms with Crippen LogP contribution in [0.2, 0.25) is 0 Å². The standard InChI is InChI=1S/C17H28S6/c1-2-4-6-8-10-12-14-16-18-20-22-23-21-19-17-15-13-11-9-7-5-3-1/h6,8,10,12,14,16H,1-5,7,9,11,13,15,17H2/b8-6?,12-10?,16-14+. The van der Waals surface area contributed by atoms with Crippen LogP contribution >= 0.6 is 60.9 Å². The Morgan fingerprint density at radius 3 is 2.00 bits per heavy atom. The minimum Gasteiger partial charge on any atom is -0.0845 e. The molecule has 0 amide bonds. The van der Waals surface area contributed by atoms with E-state index in [1.165, 1.54) is 70.0 Å². The summed E-state index contributed by atoms with van der Waals surface area (Å²) < 4.78 is 0. The second-order valence-corrected chi connectivity index (χ2v) is 14.8. The molecule has 1 aliphatic rings. The molecule has 0 aliphatic carbocycles. The van der Waals surface area contributed by atoms with Crippen molar-refractivity contribution in [3.8, 4) is 0 Å². The first-order valence-electron chi connectivity index (χ1n) is 8.43. The van der Waals surface area contributed by atoms with Gasteiger partial charge in [-0.1, -0.05) is 96.9 Å². The molecule has 0 atom stereocenters. The third kappa shape index (κ3) is 17.9. The van der Waals surface area contributed by atoms with E-state index in [0.29, 0.717) is 0 Å². The summed E-state index contributed by atoms with van der Waals surface area (Å²) >= 11 is 0. The molecule has 1 heterocycles. The highest BCUT2D eigenvalue weighted by atomic mass is 33.9. The van der Waals surface area contributed by atoms with Gasteiger partial charge < -0.3 is 0 Å². The van der Waals surface area contributed by atoms with Gasteiger partial charge in [-0.2, -0.15) is 0 Å². The quantitative estimate of drug-likeness (QED) is 0.352. The van der Waals surface area contributed by atoms with E-state index in [2.05, 4.69) is 35.8 Å². The molecule has 1 rings (SSSR count). The molecule has 132 valence electrons. The topological polar surface area (TPSA) is 0 Å². The first-order chi connectivity index (χ1) is 11.5. The lowest BCUT2D eigenvalue weighted by molar-refractivity contribution is 0.567. The summed E-state index contributed by atoms with van der Waals surface area (Å²) in [6.45, 7) is 0. The second-order valence-electron chi connectivity index (χ2n) is 5.30. The normalized spacial score (nSPS) is 23.3. The summed E-state index contributed by atoms with van der Waals surface area (Å²) in [5.74, 6) is 1.30. The number of hydrogen-bond donors (Lipinski definition) is 0. The molecule has 0 nitrogen and oxygen atoms in total. The smallest absolute Gasteiger partial charge is 0.00454 e. The molecule has 0 saturated heterocycles. The zero-order valence-electron chi connectivity index (χ0n) is 13.7. The SMILES string of the molecule is C1=C/C=C/SSSSSSCCCCCCCCCCCC=C1. The van der Waals surface area contributed by atoms with Crippen molar-refractivity contribution in [2.45, 2.75) is 64.2 Å². The van der Waals surface area contributed by atoms with Crippen molar-refractivity contribution < 1.29 is 0 Å². The third-order valence-electron chi connectivity index (χ3n) is 3.37. The molecule has 0 unspecified atom stereocenters. The molecular weight excluding hydrogens is 397 g/mol. The number of hydrogen-bond acceptors (Lipinski definition) is 6. The van der Waals surface area contributed by atoms with Gasteiger partial charge in [0.15, 0.2) is 0 Å². The zero-order valence-corrected chi connectivity index (χ0v) is 18.6. The monoisotopic (exact) mass is 424 g/mol. The van der Waals surface area contributed by atoms with Crippen LogP contribution in [0.1, 0.15) is 64.2 Å². The lowest BCUT2D eigenvalue weighted by Gasteiger charge is -2.02. The van der Waals surface area contributed by atoms with E-state index in [1.807, 2.05) is 50.1 Å². The van der Waals surface area contributed by atoms with Crippen molar-refractivity contribution >= 4 is 60.9 Å². The van der Waals surface area contributed by atoms with Gasteiger partial charge in [-0.25, -0.2) is 0 Å². The van der Waals surface area contributed by atoms with Gasteiger partial charge in [0.1, 0.15) is 0 Å². The van der Waals surface area contributed by atoms with Gasteiger partial charge in [-0.3, -0.25) is 0 Å². The van der Waals surface area contributed by atoms with Crippen molar-refractivity contribution in [3.05, 3.63) is 35.8 Å². The van der Waals surface area contributed by atoms with E-state index < -0.39 is 0 Å². The molecule has 23 heavy (non-hydrogen) atoms. The van der Waals surface area contributed by atoms with E-state index in [-0.39, 0.29) is 0 Å². The summed E-state index contributed by atoms with van der Waals surface area (Å²) in [6.07, 6.45) is 24.7. The van der Waals surface area contributed by atoms with Crippen molar-refractivity contribution in [1.29, 1.82) is 0 Å². The lowest BCUT2D eigenvalue weighted by atomic mass is 10.1. The van der Waals surface area contributed by atoms with Crippen LogP contribution in [0.4, 0.5) is 0 Å². The van der Waals surface area contributed by atoms with E-state index in [0.717, 1.165) is 0 Å². The molecule has 0 N–H and O–H groups in total. The zero-order chi connectivity index (χ0) is 16.3. The van der Waals surface area contributed by atoms with Gasteiger partial charge in [0.25, 0.3) is 0 Å². The van der Waals surface area contributed by atoms with Crippen LogP contribution in [-0.2, 0) is 0 Å². The van der Waals surface area contributed by atoms with Crippen molar-refractivity contribution in [1.82, 2.24) is 0 Å². The average molecular weight is 425 g/mol. The first kappa shape index (κ1) is 22.4. The van der Waals surface area contributed by atoms with Gasteiger partial charge in [-0.05, 0) is 64.0 Å². The predicted octanol–water partition coefficient (Wildman–Crippen LogP) is 9.50. The lowest BCUT2D eigenvalue weighted by Crippen LogP contribution is -1.82. The maximum atomic E-state index is 2.29. The van der Waals surface area contributed by atoms with Crippen LogP contribution < -0.4 is 0 Å². The summed E-state index contributed by atoms with van der Waals surface area (Å²) in [7, 11) is 11.3. The average Bonchev–Trinajstić information content (AvgIpc) is 2.56. The minimum atomic E-state index is 1.22. The van der Waals surface area contributed by atoms with E-state index in [1.54, 1.807) is 10.8 Å². The van der Waals surface area contributed by atoms with Crippen LogP contribution in [0.15, 0.2) is 35.8 Å². The summed E-state index contributed by atoms with van der Waals surface area (Å²) in [6, 6.07) is 0. The van der Waals surface area contributed by atoms with E-state index in [9.17, 15) is 0 Å². The Balaban J connectivity index is 2.15. The fraction of sp³-hybridized carbons (Fsp3) is 0.647. The second kappa shape index (κ2) is 19.6. The third-order valence-corrected chi connectivity index (χ3v) is 13.9. The summed E-state index contributed by atoms with van der Waals surface area (Å²) in [5, 5.41) is 2.15. The molecule has 0 radical (unpaired) electrons. The molecule has 6 heteroatoms. The fourth-order valence-electron chi connectivity index (χ4n) is 2.16. The Bertz CT molecular complexity index is 297.